The number of carbonyl (C=O) groups is 2. The molecule has 3 aliphatic heterocycles. The predicted octanol–water partition coefficient (Wildman–Crippen LogP) is 0.116. The van der Waals surface area contributed by atoms with Gasteiger partial charge in [-0.25, -0.2) is 0 Å². The molecule has 0 spiro atoms. The summed E-state index contributed by atoms with van der Waals surface area (Å²) in [6, 6.07) is 0.356. The number of nitrogens with zero attached hydrogens (tertiary/aromatic N) is 5. The zero-order valence-corrected chi connectivity index (χ0v) is 14.5. The monoisotopic (exact) mass is 347 g/mol. The van der Waals surface area contributed by atoms with E-state index in [1.807, 2.05) is 20.7 Å². The van der Waals surface area contributed by atoms with Crippen LogP contribution in [0.15, 0.2) is 12.4 Å². The van der Waals surface area contributed by atoms with Crippen molar-refractivity contribution < 1.29 is 14.3 Å². The average Bonchev–Trinajstić information content (AvgIpc) is 3.14. The second kappa shape index (κ2) is 7.13. The van der Waals surface area contributed by atoms with Gasteiger partial charge in [0.05, 0.1) is 17.9 Å². The third kappa shape index (κ3) is 3.55. The largest absolute Gasteiger partial charge is 0.372 e. The quantitative estimate of drug-likeness (QED) is 0.756. The number of hydrogen-bond acceptors (Lipinski definition) is 5. The van der Waals surface area contributed by atoms with Gasteiger partial charge in [0, 0.05) is 58.5 Å². The van der Waals surface area contributed by atoms with E-state index in [2.05, 4.69) is 10.00 Å². The van der Waals surface area contributed by atoms with Crippen molar-refractivity contribution in [2.45, 2.75) is 25.3 Å². The standard InChI is InChI=1S/C17H25N5O3/c23-16-3-1-5-21(16)14-9-18-22(12-14)15-10-19(11-15)6-7-20-4-2-8-25-13-17(20)24/h9,12,15H,1-8,10-11,13H2. The molecule has 1 aromatic heterocycles. The van der Waals surface area contributed by atoms with Crippen LogP contribution in [-0.2, 0) is 14.3 Å². The Bertz CT molecular complexity index is 640. The van der Waals surface area contributed by atoms with Crippen LogP contribution in [-0.4, -0.2) is 83.9 Å². The molecule has 3 aliphatic rings. The molecule has 136 valence electrons. The fourth-order valence-electron chi connectivity index (χ4n) is 3.71. The molecule has 0 radical (unpaired) electrons. The summed E-state index contributed by atoms with van der Waals surface area (Å²) >= 11 is 0. The zero-order chi connectivity index (χ0) is 17.2. The fraction of sp³-hybridized carbons (Fsp3) is 0.706. The zero-order valence-electron chi connectivity index (χ0n) is 14.5. The average molecular weight is 347 g/mol. The fourth-order valence-corrected chi connectivity index (χ4v) is 3.71. The molecule has 8 nitrogen and oxygen atoms in total. The molecule has 0 aromatic carbocycles. The summed E-state index contributed by atoms with van der Waals surface area (Å²) in [4.78, 5) is 29.8. The second-order valence-electron chi connectivity index (χ2n) is 7.03. The van der Waals surface area contributed by atoms with Gasteiger partial charge in [-0.1, -0.05) is 0 Å². The number of amides is 2. The number of likely N-dealkylation sites (tertiary alicyclic amines) is 1. The number of ether oxygens (including phenoxy) is 1. The van der Waals surface area contributed by atoms with E-state index < -0.39 is 0 Å². The highest BCUT2D eigenvalue weighted by Crippen LogP contribution is 2.25. The second-order valence-corrected chi connectivity index (χ2v) is 7.03. The lowest BCUT2D eigenvalue weighted by atomic mass is 10.1. The van der Waals surface area contributed by atoms with Crippen LogP contribution in [0.5, 0.6) is 0 Å². The van der Waals surface area contributed by atoms with Gasteiger partial charge in [0.25, 0.3) is 0 Å². The topological polar surface area (TPSA) is 70.9 Å². The Morgan fingerprint density at radius 3 is 2.80 bits per heavy atom. The molecule has 4 rings (SSSR count). The van der Waals surface area contributed by atoms with Gasteiger partial charge in [-0.3, -0.25) is 19.2 Å². The van der Waals surface area contributed by atoms with Crippen molar-refractivity contribution in [3.05, 3.63) is 12.4 Å². The van der Waals surface area contributed by atoms with Gasteiger partial charge in [0.15, 0.2) is 0 Å². The van der Waals surface area contributed by atoms with Gasteiger partial charge < -0.3 is 14.5 Å². The first-order valence-corrected chi connectivity index (χ1v) is 9.13. The first kappa shape index (κ1) is 16.5. The molecule has 3 saturated heterocycles. The summed E-state index contributed by atoms with van der Waals surface area (Å²) in [5.41, 5.74) is 0.913. The van der Waals surface area contributed by atoms with E-state index in [1.54, 1.807) is 6.20 Å². The minimum Gasteiger partial charge on any atom is -0.372 e. The van der Waals surface area contributed by atoms with Crippen molar-refractivity contribution in [1.29, 1.82) is 0 Å². The molecule has 8 heteroatoms. The Morgan fingerprint density at radius 1 is 1.12 bits per heavy atom. The van der Waals surface area contributed by atoms with Crippen molar-refractivity contribution in [3.8, 4) is 0 Å². The van der Waals surface area contributed by atoms with Gasteiger partial charge in [0.1, 0.15) is 6.61 Å². The van der Waals surface area contributed by atoms with Gasteiger partial charge in [0.2, 0.25) is 11.8 Å². The summed E-state index contributed by atoms with van der Waals surface area (Å²) in [5.74, 6) is 0.294. The van der Waals surface area contributed by atoms with Crippen LogP contribution in [0.4, 0.5) is 5.69 Å². The van der Waals surface area contributed by atoms with E-state index in [1.165, 1.54) is 0 Å². The minimum atomic E-state index is 0.0987. The number of aromatic nitrogens is 2. The van der Waals surface area contributed by atoms with E-state index in [9.17, 15) is 9.59 Å². The molecule has 0 bridgehead atoms. The highest BCUT2D eigenvalue weighted by Gasteiger charge is 2.30. The van der Waals surface area contributed by atoms with Crippen molar-refractivity contribution in [3.63, 3.8) is 0 Å². The van der Waals surface area contributed by atoms with E-state index >= 15 is 0 Å². The molecule has 3 fully saturated rings. The number of hydrogen-bond donors (Lipinski definition) is 0. The summed E-state index contributed by atoms with van der Waals surface area (Å²) in [6.07, 6.45) is 6.27. The lowest BCUT2D eigenvalue weighted by molar-refractivity contribution is -0.134. The normalized spacial score (nSPS) is 23.2. The van der Waals surface area contributed by atoms with E-state index in [0.717, 1.165) is 57.8 Å². The van der Waals surface area contributed by atoms with Crippen LogP contribution in [0, 0.1) is 0 Å². The maximum absolute atomic E-state index is 11.9. The highest BCUT2D eigenvalue weighted by molar-refractivity contribution is 5.95. The molecule has 25 heavy (non-hydrogen) atoms. The Balaban J connectivity index is 1.24. The molecule has 4 heterocycles. The van der Waals surface area contributed by atoms with E-state index in [4.69, 9.17) is 4.74 Å². The van der Waals surface area contributed by atoms with Crippen LogP contribution in [0.3, 0.4) is 0 Å². The molecule has 0 aliphatic carbocycles. The third-order valence-electron chi connectivity index (χ3n) is 5.27. The van der Waals surface area contributed by atoms with Crippen LogP contribution in [0.1, 0.15) is 25.3 Å². The van der Waals surface area contributed by atoms with Gasteiger partial charge >= 0.3 is 0 Å². The smallest absolute Gasteiger partial charge is 0.248 e. The van der Waals surface area contributed by atoms with Crippen molar-refractivity contribution in [1.82, 2.24) is 19.6 Å². The number of rotatable bonds is 5. The molecule has 1 aromatic rings. The van der Waals surface area contributed by atoms with Crippen LogP contribution >= 0.6 is 0 Å². The number of anilines is 1. The lowest BCUT2D eigenvalue weighted by Crippen LogP contribution is -2.51. The lowest BCUT2D eigenvalue weighted by Gasteiger charge is -2.40. The van der Waals surface area contributed by atoms with E-state index in [-0.39, 0.29) is 18.4 Å². The molecule has 0 atom stereocenters. The minimum absolute atomic E-state index is 0.0987. The first-order valence-electron chi connectivity index (χ1n) is 9.13. The first-order chi connectivity index (χ1) is 12.2. The SMILES string of the molecule is O=C1COCCCN1CCN1CC(n2cc(N3CCCC3=O)cn2)C1. The Hall–Kier alpha value is -1.93. The molecule has 0 saturated carbocycles. The van der Waals surface area contributed by atoms with Crippen molar-refractivity contribution in [2.75, 3.05) is 57.4 Å². The van der Waals surface area contributed by atoms with Gasteiger partial charge in [-0.05, 0) is 12.8 Å². The molecular weight excluding hydrogens is 322 g/mol. The molecule has 0 unspecified atom stereocenters. The highest BCUT2D eigenvalue weighted by atomic mass is 16.5. The molecule has 2 amide bonds. The van der Waals surface area contributed by atoms with Crippen LogP contribution < -0.4 is 4.90 Å². The molecule has 0 N–H and O–H groups in total. The van der Waals surface area contributed by atoms with Gasteiger partial charge in [-0.15, -0.1) is 0 Å². The Labute approximate surface area is 147 Å². The summed E-state index contributed by atoms with van der Waals surface area (Å²) in [7, 11) is 0. The summed E-state index contributed by atoms with van der Waals surface area (Å²) in [6.45, 7) is 6.02. The summed E-state index contributed by atoms with van der Waals surface area (Å²) in [5, 5.41) is 4.44. The van der Waals surface area contributed by atoms with Crippen LogP contribution in [0.25, 0.3) is 0 Å². The predicted molar refractivity (Wildman–Crippen MR) is 91.3 cm³/mol. The molecular formula is C17H25N5O3. The van der Waals surface area contributed by atoms with E-state index in [0.29, 0.717) is 19.1 Å². The van der Waals surface area contributed by atoms with Crippen molar-refractivity contribution in [2.24, 2.45) is 0 Å². The number of carbonyl (C=O) groups excluding carboxylic acids is 2. The Kier molecular flexibility index (Phi) is 4.72. The maximum atomic E-state index is 11.9. The van der Waals surface area contributed by atoms with Crippen molar-refractivity contribution >= 4 is 17.5 Å². The summed E-state index contributed by atoms with van der Waals surface area (Å²) < 4.78 is 7.24. The van der Waals surface area contributed by atoms with Gasteiger partial charge in [-0.2, -0.15) is 5.10 Å². The third-order valence-corrected chi connectivity index (χ3v) is 5.27. The Morgan fingerprint density at radius 2 is 2.00 bits per heavy atom. The van der Waals surface area contributed by atoms with Crippen LogP contribution in [0.2, 0.25) is 0 Å². The maximum Gasteiger partial charge on any atom is 0.248 e.